The second kappa shape index (κ2) is 8.80. The molecule has 1 saturated carbocycles. The molecule has 1 amide bonds. The highest BCUT2D eigenvalue weighted by molar-refractivity contribution is 5.65. The third-order valence-corrected chi connectivity index (χ3v) is 5.29. The number of benzene rings is 2. The normalized spacial score (nSPS) is 17.1. The zero-order valence-electron chi connectivity index (χ0n) is 16.2. The molecule has 4 N–H and O–H groups in total. The first-order chi connectivity index (χ1) is 14.5. The van der Waals surface area contributed by atoms with Gasteiger partial charge >= 0.3 is 12.3 Å². The summed E-state index contributed by atoms with van der Waals surface area (Å²) in [6.07, 6.45) is -6.30. The molecule has 10 heteroatoms. The van der Waals surface area contributed by atoms with E-state index < -0.39 is 47.2 Å². The summed E-state index contributed by atoms with van der Waals surface area (Å²) in [7, 11) is 0. The van der Waals surface area contributed by atoms with Gasteiger partial charge < -0.3 is 20.8 Å². The lowest BCUT2D eigenvalue weighted by Crippen LogP contribution is -2.49. The Morgan fingerprint density at radius 3 is 2.29 bits per heavy atom. The van der Waals surface area contributed by atoms with Crippen molar-refractivity contribution in [1.82, 2.24) is 10.6 Å². The summed E-state index contributed by atoms with van der Waals surface area (Å²) in [5.74, 6) is -1.67. The van der Waals surface area contributed by atoms with Gasteiger partial charge in [0.2, 0.25) is 0 Å². The van der Waals surface area contributed by atoms with Crippen LogP contribution in [0.4, 0.5) is 26.7 Å². The van der Waals surface area contributed by atoms with E-state index in [0.29, 0.717) is 24.5 Å². The predicted octanol–water partition coefficient (Wildman–Crippen LogP) is 3.80. The van der Waals surface area contributed by atoms with Crippen LogP contribution in [0.2, 0.25) is 0 Å². The van der Waals surface area contributed by atoms with Gasteiger partial charge in [-0.05, 0) is 54.7 Å². The van der Waals surface area contributed by atoms with Gasteiger partial charge in [0, 0.05) is 18.2 Å². The van der Waals surface area contributed by atoms with Crippen LogP contribution in [0.3, 0.4) is 0 Å². The summed E-state index contributed by atoms with van der Waals surface area (Å²) in [4.78, 5) is 11.1. The molecule has 0 aromatic heterocycles. The summed E-state index contributed by atoms with van der Waals surface area (Å²) in [6, 6.07) is 6.54. The van der Waals surface area contributed by atoms with E-state index in [1.54, 1.807) is 6.07 Å². The fourth-order valence-corrected chi connectivity index (χ4v) is 3.55. The van der Waals surface area contributed by atoms with E-state index >= 15 is 0 Å². The number of carbonyl (C=O) groups is 1. The van der Waals surface area contributed by atoms with Crippen molar-refractivity contribution in [2.24, 2.45) is 0 Å². The minimum Gasteiger partial charge on any atom is -0.465 e. The number of hydrogen-bond acceptors (Lipinski definition) is 3. The maximum absolute atomic E-state index is 13.4. The molecular formula is C21H21F5N2O3. The van der Waals surface area contributed by atoms with Crippen LogP contribution < -0.4 is 10.6 Å². The first kappa shape index (κ1) is 23.0. The lowest BCUT2D eigenvalue weighted by atomic mass is 9.98. The maximum atomic E-state index is 13.4. The van der Waals surface area contributed by atoms with Crippen LogP contribution in [-0.2, 0) is 18.1 Å². The minimum absolute atomic E-state index is 0.140. The molecule has 0 aliphatic heterocycles. The van der Waals surface area contributed by atoms with Gasteiger partial charge in [-0.15, -0.1) is 0 Å². The highest BCUT2D eigenvalue weighted by Gasteiger charge is 2.45. The molecule has 0 radical (unpaired) electrons. The van der Waals surface area contributed by atoms with Gasteiger partial charge in [-0.2, -0.15) is 13.2 Å². The van der Waals surface area contributed by atoms with Crippen LogP contribution in [0.25, 0.3) is 0 Å². The van der Waals surface area contributed by atoms with E-state index in [9.17, 15) is 31.9 Å². The third-order valence-electron chi connectivity index (χ3n) is 5.29. The van der Waals surface area contributed by atoms with E-state index in [1.807, 2.05) is 0 Å². The summed E-state index contributed by atoms with van der Waals surface area (Å²) < 4.78 is 65.9. The molecule has 5 nitrogen and oxygen atoms in total. The molecule has 3 rings (SSSR count). The number of alkyl halides is 3. The fourth-order valence-electron chi connectivity index (χ4n) is 3.55. The Balaban J connectivity index is 1.70. The highest BCUT2D eigenvalue weighted by atomic mass is 19.4. The zero-order chi connectivity index (χ0) is 22.8. The van der Waals surface area contributed by atoms with Crippen molar-refractivity contribution >= 4 is 6.09 Å². The van der Waals surface area contributed by atoms with Gasteiger partial charge in [-0.1, -0.05) is 12.1 Å². The number of hydrogen-bond donors (Lipinski definition) is 4. The van der Waals surface area contributed by atoms with Gasteiger partial charge in [-0.3, -0.25) is 0 Å². The van der Waals surface area contributed by atoms with Gasteiger partial charge in [0.25, 0.3) is 0 Å². The largest absolute Gasteiger partial charge is 0.465 e. The number of aliphatic hydroxyl groups excluding tert-OH is 1. The van der Waals surface area contributed by atoms with Gasteiger partial charge in [-0.25, -0.2) is 13.6 Å². The van der Waals surface area contributed by atoms with Gasteiger partial charge in [0.1, 0.15) is 11.6 Å². The van der Waals surface area contributed by atoms with Crippen LogP contribution in [0, 0.1) is 11.6 Å². The van der Waals surface area contributed by atoms with Crippen LogP contribution >= 0.6 is 0 Å². The van der Waals surface area contributed by atoms with Crippen molar-refractivity contribution in [3.05, 3.63) is 70.8 Å². The van der Waals surface area contributed by atoms with Crippen molar-refractivity contribution in [2.45, 2.75) is 43.1 Å². The molecule has 0 heterocycles. The number of amides is 1. The van der Waals surface area contributed by atoms with Crippen LogP contribution in [0.15, 0.2) is 42.5 Å². The smallest absolute Gasteiger partial charge is 0.416 e. The summed E-state index contributed by atoms with van der Waals surface area (Å²) in [6.45, 7) is -0.140. The zero-order valence-corrected chi connectivity index (χ0v) is 16.2. The molecule has 168 valence electrons. The molecule has 0 unspecified atom stereocenters. The summed E-state index contributed by atoms with van der Waals surface area (Å²) in [5.41, 5.74) is -0.961. The predicted molar refractivity (Wildman–Crippen MR) is 101 cm³/mol. The maximum Gasteiger partial charge on any atom is 0.416 e. The second-order valence-corrected chi connectivity index (χ2v) is 7.65. The van der Waals surface area contributed by atoms with Crippen LogP contribution in [-0.4, -0.2) is 35.0 Å². The first-order valence-corrected chi connectivity index (χ1v) is 9.54. The van der Waals surface area contributed by atoms with Crippen molar-refractivity contribution < 1.29 is 37.0 Å². The Bertz CT molecular complexity index is 927. The first-order valence-electron chi connectivity index (χ1n) is 9.54. The average Bonchev–Trinajstić information content (AvgIpc) is 3.45. The fraction of sp³-hybridized carbons (Fsp3) is 0.381. The standard InChI is InChI=1S/C21H21F5N2O3/c22-15-6-12(7-16(23)10-15)8-17(28-19(30)31)18(29)11-27-20(4-5-20)13-2-1-3-14(9-13)21(24,25)26/h1-3,6-7,9-10,17-18,27-29H,4-5,8,11H2,(H,30,31)/t17-,18+/m0/s1. The highest BCUT2D eigenvalue weighted by Crippen LogP contribution is 2.46. The summed E-state index contributed by atoms with van der Waals surface area (Å²) in [5, 5.41) is 24.7. The van der Waals surface area contributed by atoms with E-state index in [0.717, 1.165) is 24.3 Å². The van der Waals surface area contributed by atoms with Crippen molar-refractivity contribution in [3.63, 3.8) is 0 Å². The second-order valence-electron chi connectivity index (χ2n) is 7.65. The number of halogens is 5. The molecule has 1 aliphatic carbocycles. The van der Waals surface area contributed by atoms with Crippen LogP contribution in [0.5, 0.6) is 0 Å². The minimum atomic E-state index is -4.48. The quantitative estimate of drug-likeness (QED) is 0.467. The van der Waals surface area contributed by atoms with E-state index in [1.165, 1.54) is 6.07 Å². The molecule has 2 atom stereocenters. The Morgan fingerprint density at radius 2 is 1.74 bits per heavy atom. The van der Waals surface area contributed by atoms with Crippen molar-refractivity contribution in [1.29, 1.82) is 0 Å². The molecular weight excluding hydrogens is 423 g/mol. The number of carboxylic acid groups (broad SMARTS) is 1. The Hall–Kier alpha value is -2.72. The topological polar surface area (TPSA) is 81.6 Å². The average molecular weight is 444 g/mol. The monoisotopic (exact) mass is 444 g/mol. The van der Waals surface area contributed by atoms with E-state index in [4.69, 9.17) is 5.11 Å². The van der Waals surface area contributed by atoms with Crippen molar-refractivity contribution in [3.8, 4) is 0 Å². The number of aliphatic hydroxyl groups is 1. The molecule has 0 saturated heterocycles. The molecule has 1 aliphatic rings. The molecule has 2 aromatic rings. The van der Waals surface area contributed by atoms with Crippen molar-refractivity contribution in [2.75, 3.05) is 6.54 Å². The van der Waals surface area contributed by atoms with Gasteiger partial charge in [0.15, 0.2) is 0 Å². The molecule has 0 spiro atoms. The van der Waals surface area contributed by atoms with Gasteiger partial charge in [0.05, 0.1) is 17.7 Å². The molecule has 31 heavy (non-hydrogen) atoms. The number of nitrogens with one attached hydrogen (secondary N) is 2. The van der Waals surface area contributed by atoms with Crippen LogP contribution in [0.1, 0.15) is 29.5 Å². The summed E-state index contributed by atoms with van der Waals surface area (Å²) >= 11 is 0. The Kier molecular flexibility index (Phi) is 6.51. The Morgan fingerprint density at radius 1 is 1.10 bits per heavy atom. The lowest BCUT2D eigenvalue weighted by Gasteiger charge is -2.26. The third kappa shape index (κ3) is 5.92. The van der Waals surface area contributed by atoms with E-state index in [-0.39, 0.29) is 18.5 Å². The molecule has 1 fully saturated rings. The SMILES string of the molecule is O=C(O)N[C@@H](Cc1cc(F)cc(F)c1)[C@H](O)CNC1(c2cccc(C(F)(F)F)c2)CC1. The Labute approximate surface area is 174 Å². The lowest BCUT2D eigenvalue weighted by molar-refractivity contribution is -0.137. The number of rotatable bonds is 8. The van der Waals surface area contributed by atoms with E-state index in [2.05, 4.69) is 10.6 Å². The molecule has 2 aromatic carbocycles. The molecule has 0 bridgehead atoms.